The molecule has 3 rings (SSSR count). The van der Waals surface area contributed by atoms with E-state index in [1.807, 2.05) is 43.0 Å². The molecule has 0 radical (unpaired) electrons. The highest BCUT2D eigenvalue weighted by Gasteiger charge is 2.19. The molecule has 6 heteroatoms. The summed E-state index contributed by atoms with van der Waals surface area (Å²) >= 11 is 0. The second kappa shape index (κ2) is 6.10. The van der Waals surface area contributed by atoms with E-state index in [1.54, 1.807) is 0 Å². The van der Waals surface area contributed by atoms with E-state index in [9.17, 15) is 0 Å². The fourth-order valence-corrected chi connectivity index (χ4v) is 2.69. The maximum absolute atomic E-state index is 7.42. The van der Waals surface area contributed by atoms with Crippen LogP contribution in [0.3, 0.4) is 0 Å². The van der Waals surface area contributed by atoms with Crippen molar-refractivity contribution in [3.8, 4) is 22.6 Å². The SMILES string of the molecule is [C-]#[N+]c1cc(-c2ncnc(C(C)(C)C)n2)cc(-c2[nH][n+](C)cc2C)c1. The molecule has 6 nitrogen and oxygen atoms in total. The summed E-state index contributed by atoms with van der Waals surface area (Å²) < 4.78 is 1.90. The van der Waals surface area contributed by atoms with Gasteiger partial charge < -0.3 is 0 Å². The van der Waals surface area contributed by atoms with Crippen molar-refractivity contribution >= 4 is 5.69 Å². The maximum Gasteiger partial charge on any atom is 0.198 e. The Balaban J connectivity index is 2.16. The van der Waals surface area contributed by atoms with Gasteiger partial charge in [0, 0.05) is 16.5 Å². The molecule has 126 valence electrons. The number of benzene rings is 1. The van der Waals surface area contributed by atoms with Crippen molar-refractivity contribution in [2.75, 3.05) is 0 Å². The van der Waals surface area contributed by atoms with Crippen molar-refractivity contribution < 1.29 is 4.68 Å². The molecule has 0 amide bonds. The molecule has 0 fully saturated rings. The van der Waals surface area contributed by atoms with Crippen molar-refractivity contribution in [2.24, 2.45) is 7.05 Å². The van der Waals surface area contributed by atoms with Crippen molar-refractivity contribution in [1.29, 1.82) is 0 Å². The standard InChI is InChI=1S/C19H20N6/c1-12-10-25(6)24-16(12)13-7-14(9-15(8-13)20-5)17-21-11-22-18(23-17)19(2,3)4/h7-11H,1-4,6H3/p+1. The van der Waals surface area contributed by atoms with Gasteiger partial charge in [-0.25, -0.2) is 19.8 Å². The average Bonchev–Trinajstić information content (AvgIpc) is 2.92. The Hall–Kier alpha value is -3.07. The summed E-state index contributed by atoms with van der Waals surface area (Å²) in [5.74, 6) is 1.31. The van der Waals surface area contributed by atoms with Gasteiger partial charge in [-0.05, 0) is 30.7 Å². The number of hydrogen-bond donors (Lipinski definition) is 1. The smallest absolute Gasteiger partial charge is 0.198 e. The third-order valence-corrected chi connectivity index (χ3v) is 3.91. The van der Waals surface area contributed by atoms with E-state index in [0.29, 0.717) is 11.5 Å². The van der Waals surface area contributed by atoms with E-state index in [-0.39, 0.29) is 5.41 Å². The van der Waals surface area contributed by atoms with Crippen LogP contribution in [0.2, 0.25) is 0 Å². The molecule has 0 aliphatic heterocycles. The fraction of sp³-hybridized carbons (Fsp3) is 0.316. The van der Waals surface area contributed by atoms with E-state index in [1.165, 1.54) is 6.33 Å². The van der Waals surface area contributed by atoms with E-state index >= 15 is 0 Å². The molecule has 0 aliphatic carbocycles. The van der Waals surface area contributed by atoms with Crippen LogP contribution in [0.15, 0.2) is 30.7 Å². The number of rotatable bonds is 2. The predicted octanol–water partition coefficient (Wildman–Crippen LogP) is 3.51. The maximum atomic E-state index is 7.42. The highest BCUT2D eigenvalue weighted by Crippen LogP contribution is 2.31. The minimum atomic E-state index is -0.165. The first kappa shape index (κ1) is 16.8. The van der Waals surface area contributed by atoms with Gasteiger partial charge in [-0.15, -0.1) is 4.68 Å². The summed E-state index contributed by atoms with van der Waals surface area (Å²) in [6.45, 7) is 15.7. The highest BCUT2D eigenvalue weighted by atomic mass is 15.2. The van der Waals surface area contributed by atoms with Crippen LogP contribution in [0.1, 0.15) is 32.2 Å². The molecule has 0 aliphatic rings. The van der Waals surface area contributed by atoms with Crippen molar-refractivity contribution in [3.63, 3.8) is 0 Å². The van der Waals surface area contributed by atoms with Crippen LogP contribution >= 0.6 is 0 Å². The summed E-state index contributed by atoms with van der Waals surface area (Å²) in [4.78, 5) is 16.8. The molecule has 2 aromatic heterocycles. The fourth-order valence-electron chi connectivity index (χ4n) is 2.69. The number of aromatic amines is 1. The Bertz CT molecular complexity index is 972. The largest absolute Gasteiger partial charge is 0.238 e. The number of H-pyrrole nitrogens is 1. The molecule has 3 aromatic rings. The molecule has 25 heavy (non-hydrogen) atoms. The first-order chi connectivity index (χ1) is 11.8. The van der Waals surface area contributed by atoms with Crippen molar-refractivity contribution in [1.82, 2.24) is 20.1 Å². The minimum absolute atomic E-state index is 0.165. The zero-order chi connectivity index (χ0) is 18.2. The molecular weight excluding hydrogens is 312 g/mol. The average molecular weight is 333 g/mol. The van der Waals surface area contributed by atoms with Gasteiger partial charge in [-0.1, -0.05) is 20.8 Å². The minimum Gasteiger partial charge on any atom is -0.238 e. The molecule has 2 heterocycles. The topological polar surface area (TPSA) is 62.7 Å². The Morgan fingerprint density at radius 1 is 1.12 bits per heavy atom. The first-order valence-corrected chi connectivity index (χ1v) is 8.06. The van der Waals surface area contributed by atoms with Crippen molar-refractivity contribution in [3.05, 3.63) is 53.5 Å². The van der Waals surface area contributed by atoms with Gasteiger partial charge in [0.15, 0.2) is 24.8 Å². The lowest BCUT2D eigenvalue weighted by Crippen LogP contribution is -2.28. The lowest BCUT2D eigenvalue weighted by atomic mass is 9.96. The van der Waals surface area contributed by atoms with Gasteiger partial charge in [0.2, 0.25) is 0 Å². The van der Waals surface area contributed by atoms with Crippen LogP contribution in [-0.2, 0) is 12.5 Å². The second-order valence-electron chi connectivity index (χ2n) is 7.17. The summed E-state index contributed by atoms with van der Waals surface area (Å²) in [5, 5.41) is 3.29. The van der Waals surface area contributed by atoms with Gasteiger partial charge >= 0.3 is 0 Å². The Kier molecular flexibility index (Phi) is 4.09. The summed E-state index contributed by atoms with van der Waals surface area (Å²) in [6.07, 6.45) is 3.55. The Morgan fingerprint density at radius 3 is 2.44 bits per heavy atom. The van der Waals surface area contributed by atoms with Crippen LogP contribution in [0, 0.1) is 13.5 Å². The van der Waals surface area contributed by atoms with Gasteiger partial charge in [-0.3, -0.25) is 0 Å². The van der Waals surface area contributed by atoms with Gasteiger partial charge in [-0.2, -0.15) is 5.10 Å². The quantitative estimate of drug-likeness (QED) is 0.576. The summed E-state index contributed by atoms with van der Waals surface area (Å²) in [5.41, 5.74) is 4.25. The number of aryl methyl sites for hydroxylation is 2. The molecular formula is C19H21N6+. The summed E-state index contributed by atoms with van der Waals surface area (Å²) in [6, 6.07) is 5.70. The van der Waals surface area contributed by atoms with Crippen LogP contribution < -0.4 is 4.68 Å². The molecule has 0 saturated carbocycles. The zero-order valence-corrected chi connectivity index (χ0v) is 15.1. The monoisotopic (exact) mass is 333 g/mol. The highest BCUT2D eigenvalue weighted by molar-refractivity contribution is 5.75. The normalized spacial score (nSPS) is 11.4. The number of hydrogen-bond acceptors (Lipinski definition) is 3. The molecule has 0 bridgehead atoms. The third-order valence-electron chi connectivity index (χ3n) is 3.91. The molecule has 0 saturated heterocycles. The molecule has 1 aromatic carbocycles. The molecule has 0 atom stereocenters. The number of nitrogens with zero attached hydrogens (tertiary/aromatic N) is 5. The lowest BCUT2D eigenvalue weighted by Gasteiger charge is -2.16. The van der Waals surface area contributed by atoms with Crippen molar-refractivity contribution in [2.45, 2.75) is 33.1 Å². The number of nitrogens with one attached hydrogen (secondary N) is 1. The zero-order valence-electron chi connectivity index (χ0n) is 15.1. The van der Waals surface area contributed by atoms with Crippen LogP contribution in [-0.4, -0.2) is 20.1 Å². The Morgan fingerprint density at radius 2 is 1.84 bits per heavy atom. The van der Waals surface area contributed by atoms with Crippen LogP contribution in [0.25, 0.3) is 27.5 Å². The molecule has 0 spiro atoms. The van der Waals surface area contributed by atoms with Gasteiger partial charge in [0.05, 0.1) is 6.57 Å². The van der Waals surface area contributed by atoms with E-state index in [0.717, 1.165) is 28.2 Å². The Labute approximate surface area is 147 Å². The van der Waals surface area contributed by atoms with E-state index < -0.39 is 0 Å². The summed E-state index contributed by atoms with van der Waals surface area (Å²) in [7, 11) is 1.94. The van der Waals surface area contributed by atoms with Gasteiger partial charge in [0.25, 0.3) is 0 Å². The predicted molar refractivity (Wildman–Crippen MR) is 95.9 cm³/mol. The molecule has 1 N–H and O–H groups in total. The van der Waals surface area contributed by atoms with E-state index in [4.69, 9.17) is 6.57 Å². The third kappa shape index (κ3) is 3.41. The molecule has 0 unspecified atom stereocenters. The second-order valence-corrected chi connectivity index (χ2v) is 7.17. The first-order valence-electron chi connectivity index (χ1n) is 8.06. The van der Waals surface area contributed by atoms with Crippen LogP contribution in [0.4, 0.5) is 5.69 Å². The van der Waals surface area contributed by atoms with Gasteiger partial charge in [0.1, 0.15) is 17.8 Å². The lowest BCUT2D eigenvalue weighted by molar-refractivity contribution is -0.726. The number of aromatic nitrogens is 5. The van der Waals surface area contributed by atoms with E-state index in [2.05, 4.69) is 45.7 Å². The van der Waals surface area contributed by atoms with Crippen LogP contribution in [0.5, 0.6) is 0 Å².